The highest BCUT2D eigenvalue weighted by Crippen LogP contribution is 2.51. The lowest BCUT2D eigenvalue weighted by molar-refractivity contribution is 0.138. The number of nitrogens with zero attached hydrogens (tertiary/aromatic N) is 1. The first kappa shape index (κ1) is 28.1. The Morgan fingerprint density at radius 1 is 0.861 bits per heavy atom. The molecule has 0 spiro atoms. The predicted molar refractivity (Wildman–Crippen MR) is 146 cm³/mol. The maximum atomic E-state index is 8.46. The van der Waals surface area contributed by atoms with Gasteiger partial charge >= 0.3 is 0 Å². The van der Waals surface area contributed by atoms with Gasteiger partial charge in [-0.05, 0) is 51.7 Å². The summed E-state index contributed by atoms with van der Waals surface area (Å²) in [5.74, 6) is 1.09. The predicted octanol–water partition coefficient (Wildman–Crippen LogP) is 5.51. The highest BCUT2D eigenvalue weighted by molar-refractivity contribution is 7.99. The van der Waals surface area contributed by atoms with E-state index in [0.717, 1.165) is 30.6 Å². The van der Waals surface area contributed by atoms with Crippen molar-refractivity contribution < 1.29 is 18.9 Å². The molecule has 0 saturated heterocycles. The average molecular weight is 535 g/mol. The lowest BCUT2D eigenvalue weighted by Gasteiger charge is -2.21. The first-order chi connectivity index (χ1) is 17.5. The van der Waals surface area contributed by atoms with Gasteiger partial charge in [0.05, 0.1) is 29.2 Å². The van der Waals surface area contributed by atoms with Crippen molar-refractivity contribution in [3.63, 3.8) is 0 Å². The van der Waals surface area contributed by atoms with Crippen molar-refractivity contribution >= 4 is 40.7 Å². The number of hydrogen-bond acceptors (Lipinski definition) is 8. The van der Waals surface area contributed by atoms with E-state index in [0.29, 0.717) is 77.9 Å². The number of fused-ring (bicyclic) bond motifs is 1. The van der Waals surface area contributed by atoms with Crippen LogP contribution in [0.2, 0.25) is 5.02 Å². The summed E-state index contributed by atoms with van der Waals surface area (Å²) < 4.78 is 23.2. The Hall–Kier alpha value is -2.46. The van der Waals surface area contributed by atoms with Crippen molar-refractivity contribution in [1.82, 2.24) is 0 Å². The molecule has 1 heterocycles. The van der Waals surface area contributed by atoms with Crippen molar-refractivity contribution in [3.05, 3.63) is 40.4 Å². The second-order valence-corrected chi connectivity index (χ2v) is 9.47. The van der Waals surface area contributed by atoms with Gasteiger partial charge in [0, 0.05) is 37.0 Å². The monoisotopic (exact) mass is 534 g/mol. The molecule has 0 aromatic heterocycles. The summed E-state index contributed by atoms with van der Waals surface area (Å²) in [4.78, 5) is 5.67. The van der Waals surface area contributed by atoms with E-state index in [-0.39, 0.29) is 11.7 Å². The molecule has 2 aromatic carbocycles. The van der Waals surface area contributed by atoms with Gasteiger partial charge in [0.25, 0.3) is 0 Å². The number of halogens is 1. The first-order valence-electron chi connectivity index (χ1n) is 12.3. The van der Waals surface area contributed by atoms with Gasteiger partial charge in [-0.2, -0.15) is 0 Å². The van der Waals surface area contributed by atoms with E-state index in [9.17, 15) is 0 Å². The molecule has 196 valence electrons. The number of ether oxygens (including phenoxy) is 4. The van der Waals surface area contributed by atoms with Crippen LogP contribution in [0.3, 0.4) is 0 Å². The second-order valence-electron chi connectivity index (χ2n) is 8.04. The third-order valence-electron chi connectivity index (χ3n) is 5.43. The van der Waals surface area contributed by atoms with Crippen LogP contribution >= 0.6 is 23.4 Å². The van der Waals surface area contributed by atoms with Gasteiger partial charge in [-0.3, -0.25) is 5.41 Å². The minimum absolute atomic E-state index is 0.00527. The fourth-order valence-corrected chi connectivity index (χ4v) is 4.99. The average Bonchev–Trinajstić information content (AvgIpc) is 3.16. The van der Waals surface area contributed by atoms with E-state index < -0.39 is 0 Å². The molecule has 1 aliphatic heterocycles. The highest BCUT2D eigenvalue weighted by Gasteiger charge is 2.34. The quantitative estimate of drug-likeness (QED) is 0.191. The van der Waals surface area contributed by atoms with E-state index in [4.69, 9.17) is 47.4 Å². The number of rotatable bonds is 16. The lowest BCUT2D eigenvalue weighted by Crippen LogP contribution is -2.15. The van der Waals surface area contributed by atoms with Crippen LogP contribution < -0.4 is 20.9 Å². The van der Waals surface area contributed by atoms with E-state index in [1.807, 2.05) is 38.1 Å². The molecule has 0 amide bonds. The Morgan fingerprint density at radius 2 is 1.44 bits per heavy atom. The number of benzene rings is 2. The van der Waals surface area contributed by atoms with E-state index in [1.54, 1.807) is 0 Å². The van der Waals surface area contributed by atoms with Gasteiger partial charge in [0.15, 0.2) is 11.6 Å². The molecule has 8 nitrogen and oxygen atoms in total. The van der Waals surface area contributed by atoms with Gasteiger partial charge in [0.1, 0.15) is 16.6 Å². The van der Waals surface area contributed by atoms with Crippen LogP contribution in [0.25, 0.3) is 0 Å². The fraction of sp³-hybridized carbons (Fsp3) is 0.462. The van der Waals surface area contributed by atoms with Gasteiger partial charge in [0.2, 0.25) is 0 Å². The summed E-state index contributed by atoms with van der Waals surface area (Å²) in [6, 6.07) is 7.54. The Morgan fingerprint density at radius 3 is 2.06 bits per heavy atom. The molecular weight excluding hydrogens is 500 g/mol. The van der Waals surface area contributed by atoms with Gasteiger partial charge in [-0.25, -0.2) is 4.99 Å². The normalized spacial score (nSPS) is 12.5. The Balaban J connectivity index is 1.95. The molecule has 0 atom stereocenters. The van der Waals surface area contributed by atoms with Crippen LogP contribution in [0.1, 0.15) is 50.7 Å². The van der Waals surface area contributed by atoms with Crippen molar-refractivity contribution in [2.45, 2.75) is 49.3 Å². The van der Waals surface area contributed by atoms with E-state index in [1.165, 1.54) is 11.8 Å². The number of nitrogens with one attached hydrogen (secondary N) is 1. The summed E-state index contributed by atoms with van der Waals surface area (Å²) in [5, 5.41) is 8.81. The molecule has 0 aliphatic carbocycles. The number of aliphatic imine (C=N–C) groups is 1. The van der Waals surface area contributed by atoms with Crippen LogP contribution in [0, 0.1) is 5.41 Å². The van der Waals surface area contributed by atoms with Crippen molar-refractivity contribution in [1.29, 1.82) is 5.41 Å². The Kier molecular flexibility index (Phi) is 11.2. The first-order valence-corrected chi connectivity index (χ1v) is 13.4. The van der Waals surface area contributed by atoms with Crippen LogP contribution in [0.15, 0.2) is 39.0 Å². The third-order valence-corrected chi connectivity index (χ3v) is 7.09. The van der Waals surface area contributed by atoms with Crippen molar-refractivity contribution in [3.8, 4) is 11.5 Å². The number of anilines is 1. The van der Waals surface area contributed by atoms with Gasteiger partial charge in [-0.1, -0.05) is 35.5 Å². The smallest absolute Gasteiger partial charge is 0.158 e. The van der Waals surface area contributed by atoms with Crippen LogP contribution in [0.4, 0.5) is 5.69 Å². The SMILES string of the molecule is CCOCCCCOc1c(Cl)c(Sc2ccccc2N)c(OCCCCOCC)c2c1C(=N)N=C2N. The number of para-hydroxylation sites is 1. The minimum Gasteiger partial charge on any atom is -0.492 e. The molecule has 0 radical (unpaired) electrons. The van der Waals surface area contributed by atoms with Crippen molar-refractivity contribution in [2.75, 3.05) is 45.4 Å². The summed E-state index contributed by atoms with van der Waals surface area (Å²) in [6.45, 7) is 7.51. The van der Waals surface area contributed by atoms with Crippen LogP contribution in [0.5, 0.6) is 11.5 Å². The lowest BCUT2D eigenvalue weighted by atomic mass is 10.1. The number of nitrogen functional groups attached to an aromatic ring is 1. The number of hydrogen-bond donors (Lipinski definition) is 3. The number of amidine groups is 2. The molecule has 2 aromatic rings. The fourth-order valence-electron chi connectivity index (χ4n) is 3.65. The molecule has 36 heavy (non-hydrogen) atoms. The number of unbranched alkanes of at least 4 members (excludes halogenated alkanes) is 2. The Bertz CT molecular complexity index is 1080. The molecule has 3 rings (SSSR count). The van der Waals surface area contributed by atoms with Crippen LogP contribution in [-0.2, 0) is 9.47 Å². The zero-order valence-electron chi connectivity index (χ0n) is 20.9. The van der Waals surface area contributed by atoms with E-state index >= 15 is 0 Å². The maximum absolute atomic E-state index is 8.46. The molecule has 0 saturated carbocycles. The molecule has 0 unspecified atom stereocenters. The molecular formula is C26H35ClN4O4S. The molecule has 1 aliphatic rings. The molecule has 0 fully saturated rings. The van der Waals surface area contributed by atoms with Gasteiger partial charge < -0.3 is 30.4 Å². The number of nitrogens with two attached hydrogens (primary N) is 2. The minimum atomic E-state index is 0.00527. The summed E-state index contributed by atoms with van der Waals surface area (Å²) in [5.41, 5.74) is 14.1. The highest BCUT2D eigenvalue weighted by atomic mass is 35.5. The summed E-state index contributed by atoms with van der Waals surface area (Å²) in [7, 11) is 0. The largest absolute Gasteiger partial charge is 0.492 e. The second kappa shape index (κ2) is 14.3. The topological polar surface area (TPSA) is 125 Å². The maximum Gasteiger partial charge on any atom is 0.158 e. The third kappa shape index (κ3) is 7.06. The zero-order valence-corrected chi connectivity index (χ0v) is 22.5. The van der Waals surface area contributed by atoms with E-state index in [2.05, 4.69) is 4.99 Å². The van der Waals surface area contributed by atoms with Crippen LogP contribution in [-0.4, -0.2) is 51.3 Å². The van der Waals surface area contributed by atoms with Gasteiger partial charge in [-0.15, -0.1) is 0 Å². The molecule has 0 bridgehead atoms. The summed E-state index contributed by atoms with van der Waals surface area (Å²) in [6.07, 6.45) is 3.28. The zero-order chi connectivity index (χ0) is 25.9. The Labute approximate surface area is 222 Å². The van der Waals surface area contributed by atoms with Crippen molar-refractivity contribution in [2.24, 2.45) is 10.7 Å². The standard InChI is InChI=1S/C26H35ClN4O4S/c1-3-32-13-7-9-15-34-22-19-20(26(30)31-25(19)29)23(35-16-10-8-14-33-4-2)24(21(22)27)36-18-12-6-5-11-17(18)28/h5-6,11-12H,3-4,7-10,13-16,28H2,1-2H3,(H3,29,30,31). The molecule has 5 N–H and O–H groups in total. The molecule has 10 heteroatoms. The summed E-state index contributed by atoms with van der Waals surface area (Å²) >= 11 is 8.34.